The van der Waals surface area contributed by atoms with Gasteiger partial charge in [0.2, 0.25) is 5.91 Å². The smallest absolute Gasteiger partial charge is 0.405 e. The van der Waals surface area contributed by atoms with Crippen LogP contribution >= 0.6 is 0 Å². The van der Waals surface area contributed by atoms with Gasteiger partial charge in [-0.25, -0.2) is 9.48 Å². The minimum absolute atomic E-state index is 0.0131. The average Bonchev–Trinajstić information content (AvgIpc) is 3.10. The van der Waals surface area contributed by atoms with Crippen LogP contribution in [0.1, 0.15) is 31.5 Å². The Morgan fingerprint density at radius 2 is 2.07 bits per heavy atom. The molecular formula is C20H22F2N4O3. The zero-order valence-corrected chi connectivity index (χ0v) is 15.8. The molecule has 1 aromatic carbocycles. The van der Waals surface area contributed by atoms with Gasteiger partial charge >= 0.3 is 12.6 Å². The number of anilines is 1. The molecule has 2 atom stereocenters. The molecule has 0 aliphatic heterocycles. The quantitative estimate of drug-likeness (QED) is 0.533. The van der Waals surface area contributed by atoms with Gasteiger partial charge in [0.25, 0.3) is 0 Å². The Morgan fingerprint density at radius 3 is 2.66 bits per heavy atom. The van der Waals surface area contributed by atoms with Gasteiger partial charge in [-0.3, -0.25) is 4.79 Å². The number of nitrogens with zero attached hydrogens (tertiary/aromatic N) is 2. The maximum absolute atomic E-state index is 13.5. The summed E-state index contributed by atoms with van der Waals surface area (Å²) in [5.41, 5.74) is 1.04. The number of benzene rings is 1. The monoisotopic (exact) mass is 404 g/mol. The summed E-state index contributed by atoms with van der Waals surface area (Å²) >= 11 is 0. The van der Waals surface area contributed by atoms with E-state index in [1.807, 2.05) is 0 Å². The number of hydrogen-bond acceptors (Lipinski definition) is 3. The molecule has 0 aliphatic rings. The largest absolute Gasteiger partial charge is 0.465 e. The van der Waals surface area contributed by atoms with E-state index in [2.05, 4.69) is 28.9 Å². The van der Waals surface area contributed by atoms with Crippen molar-refractivity contribution in [3.63, 3.8) is 0 Å². The van der Waals surface area contributed by atoms with Crippen LogP contribution in [0.4, 0.5) is 19.3 Å². The van der Waals surface area contributed by atoms with Crippen LogP contribution in [0.2, 0.25) is 0 Å². The highest BCUT2D eigenvalue weighted by atomic mass is 19.3. The van der Waals surface area contributed by atoms with Crippen LogP contribution in [-0.2, 0) is 4.79 Å². The van der Waals surface area contributed by atoms with Crippen LogP contribution in [0.5, 0.6) is 0 Å². The van der Waals surface area contributed by atoms with Gasteiger partial charge in [0, 0.05) is 5.56 Å². The van der Waals surface area contributed by atoms with E-state index in [9.17, 15) is 18.4 Å². The molecule has 0 radical (unpaired) electrons. The molecule has 2 unspecified atom stereocenters. The van der Waals surface area contributed by atoms with Gasteiger partial charge in [0.05, 0.1) is 29.5 Å². The van der Waals surface area contributed by atoms with E-state index < -0.39 is 30.5 Å². The van der Waals surface area contributed by atoms with E-state index in [1.54, 1.807) is 37.3 Å². The summed E-state index contributed by atoms with van der Waals surface area (Å²) < 4.78 is 27.5. The zero-order valence-electron chi connectivity index (χ0n) is 15.8. The molecule has 1 aromatic heterocycles. The van der Waals surface area contributed by atoms with Crippen LogP contribution in [0, 0.1) is 5.92 Å². The fraction of sp³-hybridized carbons (Fsp3) is 0.250. The van der Waals surface area contributed by atoms with E-state index in [1.165, 1.54) is 6.08 Å². The Morgan fingerprint density at radius 1 is 1.34 bits per heavy atom. The third kappa shape index (κ3) is 5.28. The third-order valence-electron chi connectivity index (χ3n) is 4.27. The lowest BCUT2D eigenvalue weighted by Gasteiger charge is -2.17. The average molecular weight is 404 g/mol. The first kappa shape index (κ1) is 21.8. The van der Waals surface area contributed by atoms with Crippen molar-refractivity contribution in [2.24, 2.45) is 5.92 Å². The fourth-order valence-corrected chi connectivity index (χ4v) is 2.74. The summed E-state index contributed by atoms with van der Waals surface area (Å²) in [6.45, 7) is 5.85. The number of carboxylic acid groups (broad SMARTS) is 1. The molecule has 0 saturated heterocycles. The third-order valence-corrected chi connectivity index (χ3v) is 4.27. The summed E-state index contributed by atoms with van der Waals surface area (Å²) in [6, 6.07) is 5.84. The summed E-state index contributed by atoms with van der Waals surface area (Å²) in [7, 11) is 0. The van der Waals surface area contributed by atoms with Crippen molar-refractivity contribution < 1.29 is 23.5 Å². The van der Waals surface area contributed by atoms with Gasteiger partial charge in [-0.15, -0.1) is 13.2 Å². The van der Waals surface area contributed by atoms with Crippen molar-refractivity contribution in [2.75, 3.05) is 5.32 Å². The molecule has 0 saturated carbocycles. The van der Waals surface area contributed by atoms with Gasteiger partial charge in [-0.2, -0.15) is 13.9 Å². The van der Waals surface area contributed by atoms with Gasteiger partial charge in [0.15, 0.2) is 0 Å². The van der Waals surface area contributed by atoms with Crippen molar-refractivity contribution in [3.8, 4) is 11.3 Å². The minimum Gasteiger partial charge on any atom is -0.465 e. The second-order valence-corrected chi connectivity index (χ2v) is 6.29. The lowest BCUT2D eigenvalue weighted by molar-refractivity contribution is -0.118. The molecule has 0 aliphatic carbocycles. The Labute approximate surface area is 166 Å². The van der Waals surface area contributed by atoms with Crippen LogP contribution in [0.25, 0.3) is 11.3 Å². The number of halogens is 2. The maximum atomic E-state index is 13.5. The second kappa shape index (κ2) is 9.63. The Bertz CT molecular complexity index is 911. The van der Waals surface area contributed by atoms with Crippen LogP contribution in [0.3, 0.4) is 0 Å². The normalized spacial score (nSPS) is 12.8. The standard InChI is InChI=1S/C20H22F2N4O3/c1-4-7-15(25-20(28)29)13-8-6-9-14(10-13)17-16(11-23-26(17)19(21)22)24-18(27)12(3)5-2/h4-6,8-12,15,19,25H,1-2,7H2,3H3,(H,24,27)(H,28,29). The molecule has 29 heavy (non-hydrogen) atoms. The number of nitrogens with one attached hydrogen (secondary N) is 2. The molecule has 0 spiro atoms. The SMILES string of the molecule is C=CCC(NC(=O)O)c1cccc(-c2c(NC(=O)C(C)C=C)cnn2C(F)F)c1. The van der Waals surface area contributed by atoms with Crippen molar-refractivity contribution >= 4 is 17.7 Å². The van der Waals surface area contributed by atoms with Crippen LogP contribution in [0.15, 0.2) is 55.8 Å². The first-order valence-corrected chi connectivity index (χ1v) is 8.78. The molecule has 154 valence electrons. The van der Waals surface area contributed by atoms with E-state index in [4.69, 9.17) is 5.11 Å². The van der Waals surface area contributed by atoms with E-state index in [-0.39, 0.29) is 11.4 Å². The molecule has 2 aromatic rings. The Kier molecular flexibility index (Phi) is 7.24. The topological polar surface area (TPSA) is 96.2 Å². The van der Waals surface area contributed by atoms with E-state index >= 15 is 0 Å². The second-order valence-electron chi connectivity index (χ2n) is 6.29. The summed E-state index contributed by atoms with van der Waals surface area (Å²) in [4.78, 5) is 23.3. The lowest BCUT2D eigenvalue weighted by Crippen LogP contribution is -2.26. The van der Waals surface area contributed by atoms with Gasteiger partial charge in [-0.05, 0) is 18.1 Å². The van der Waals surface area contributed by atoms with Crippen molar-refractivity contribution in [1.82, 2.24) is 15.1 Å². The predicted molar refractivity (Wildman–Crippen MR) is 106 cm³/mol. The number of aromatic nitrogens is 2. The molecule has 7 nitrogen and oxygen atoms in total. The predicted octanol–water partition coefficient (Wildman–Crippen LogP) is 4.59. The molecule has 0 fully saturated rings. The fourth-order valence-electron chi connectivity index (χ4n) is 2.74. The number of carbonyl (C=O) groups excluding carboxylic acids is 1. The first-order valence-electron chi connectivity index (χ1n) is 8.78. The zero-order chi connectivity index (χ0) is 21.6. The number of rotatable bonds is 9. The molecule has 0 bridgehead atoms. The lowest BCUT2D eigenvalue weighted by atomic mass is 9.99. The molecule has 9 heteroatoms. The summed E-state index contributed by atoms with van der Waals surface area (Å²) in [5.74, 6) is -0.941. The maximum Gasteiger partial charge on any atom is 0.405 e. The molecule has 2 amide bonds. The number of alkyl halides is 2. The van der Waals surface area contributed by atoms with Crippen LogP contribution in [-0.4, -0.2) is 26.9 Å². The molecular weight excluding hydrogens is 382 g/mol. The van der Waals surface area contributed by atoms with Gasteiger partial charge in [0.1, 0.15) is 0 Å². The van der Waals surface area contributed by atoms with Gasteiger partial charge < -0.3 is 15.7 Å². The van der Waals surface area contributed by atoms with E-state index in [0.717, 1.165) is 6.20 Å². The summed E-state index contributed by atoms with van der Waals surface area (Å²) in [5, 5.41) is 17.7. The Hall–Kier alpha value is -3.49. The van der Waals surface area contributed by atoms with Crippen molar-refractivity contribution in [3.05, 3.63) is 61.3 Å². The highest BCUT2D eigenvalue weighted by Gasteiger charge is 2.22. The van der Waals surface area contributed by atoms with Crippen molar-refractivity contribution in [2.45, 2.75) is 25.9 Å². The highest BCUT2D eigenvalue weighted by Crippen LogP contribution is 2.33. The minimum atomic E-state index is -2.93. The number of amides is 2. The van der Waals surface area contributed by atoms with Gasteiger partial charge in [-0.1, -0.05) is 37.3 Å². The number of carbonyl (C=O) groups is 2. The molecule has 3 N–H and O–H groups in total. The summed E-state index contributed by atoms with van der Waals surface area (Å²) in [6.07, 6.45) is 3.23. The highest BCUT2D eigenvalue weighted by molar-refractivity contribution is 5.96. The first-order chi connectivity index (χ1) is 13.8. The molecule has 2 rings (SSSR count). The number of hydrogen-bond donors (Lipinski definition) is 3. The Balaban J connectivity index is 2.51. The van der Waals surface area contributed by atoms with E-state index in [0.29, 0.717) is 22.2 Å². The molecule has 1 heterocycles. The van der Waals surface area contributed by atoms with Crippen molar-refractivity contribution in [1.29, 1.82) is 0 Å². The van der Waals surface area contributed by atoms with Crippen LogP contribution < -0.4 is 10.6 Å².